The minimum atomic E-state index is -4.66. The average Bonchev–Trinajstić information content (AvgIpc) is 2.90. The molecule has 130 valence electrons. The van der Waals surface area contributed by atoms with Crippen LogP contribution in [0, 0.1) is 6.92 Å². The minimum Gasteiger partial charge on any atom is -0.389 e. The van der Waals surface area contributed by atoms with Gasteiger partial charge in [-0.1, -0.05) is 12.1 Å². The summed E-state index contributed by atoms with van der Waals surface area (Å²) in [6.07, 6.45) is -4.66. The van der Waals surface area contributed by atoms with Gasteiger partial charge in [-0.2, -0.15) is 22.6 Å². The van der Waals surface area contributed by atoms with Crippen LogP contribution in [0.2, 0.25) is 0 Å². The number of nitrogens with zero attached hydrogens (tertiary/aromatic N) is 4. The first-order chi connectivity index (χ1) is 11.8. The predicted molar refractivity (Wildman–Crippen MR) is 91.6 cm³/mol. The van der Waals surface area contributed by atoms with E-state index in [9.17, 15) is 13.2 Å². The summed E-state index contributed by atoms with van der Waals surface area (Å²) in [5.41, 5.74) is 10.5. The Morgan fingerprint density at radius 3 is 2.60 bits per heavy atom. The Labute approximate surface area is 144 Å². The number of nitrogens with one attached hydrogen (secondary N) is 1. The van der Waals surface area contributed by atoms with E-state index < -0.39 is 12.0 Å². The number of fused-ring (bicyclic) bond motifs is 1. The molecule has 1 aromatic carbocycles. The van der Waals surface area contributed by atoms with E-state index in [2.05, 4.69) is 24.9 Å². The zero-order valence-electron chi connectivity index (χ0n) is 13.2. The number of hydrazone groups is 1. The van der Waals surface area contributed by atoms with Gasteiger partial charge < -0.3 is 5.73 Å². The monoisotopic (exact) mass is 366 g/mol. The molecule has 10 heteroatoms. The van der Waals surface area contributed by atoms with Crippen LogP contribution in [0.1, 0.15) is 24.0 Å². The number of rotatable bonds is 3. The van der Waals surface area contributed by atoms with E-state index in [4.69, 9.17) is 5.73 Å². The number of para-hydroxylation sites is 1. The van der Waals surface area contributed by atoms with Crippen molar-refractivity contribution in [3.05, 3.63) is 41.3 Å². The van der Waals surface area contributed by atoms with Gasteiger partial charge in [-0.25, -0.2) is 9.97 Å². The van der Waals surface area contributed by atoms with Crippen molar-refractivity contribution in [1.29, 1.82) is 0 Å². The summed E-state index contributed by atoms with van der Waals surface area (Å²) in [5.74, 6) is -1.26. The largest absolute Gasteiger partial charge is 0.451 e. The van der Waals surface area contributed by atoms with Crippen molar-refractivity contribution in [2.45, 2.75) is 20.0 Å². The van der Waals surface area contributed by atoms with Gasteiger partial charge in [0.15, 0.2) is 5.82 Å². The zero-order chi connectivity index (χ0) is 18.2. The van der Waals surface area contributed by atoms with Crippen LogP contribution in [-0.4, -0.2) is 20.1 Å². The van der Waals surface area contributed by atoms with Crippen LogP contribution in [0.3, 0.4) is 0 Å². The molecule has 25 heavy (non-hydrogen) atoms. The van der Waals surface area contributed by atoms with Crippen molar-refractivity contribution >= 4 is 39.0 Å². The molecule has 0 atom stereocenters. The molecule has 0 radical (unpaired) electrons. The number of hydrogen-bond donors (Lipinski definition) is 2. The topological polar surface area (TPSA) is 89.1 Å². The molecule has 0 fully saturated rings. The van der Waals surface area contributed by atoms with E-state index in [-0.39, 0.29) is 11.3 Å². The Balaban J connectivity index is 2.05. The lowest BCUT2D eigenvalue weighted by atomic mass is 10.2. The molecule has 0 spiro atoms. The Morgan fingerprint density at radius 1 is 1.24 bits per heavy atom. The van der Waals surface area contributed by atoms with Crippen molar-refractivity contribution in [1.82, 2.24) is 14.3 Å². The van der Waals surface area contributed by atoms with Gasteiger partial charge in [0, 0.05) is 5.39 Å². The maximum Gasteiger partial charge on any atom is 0.451 e. The molecule has 3 rings (SSSR count). The zero-order valence-corrected chi connectivity index (χ0v) is 14.0. The molecule has 0 aliphatic rings. The second-order valence-electron chi connectivity index (χ2n) is 5.23. The fourth-order valence-corrected chi connectivity index (χ4v) is 3.02. The SMILES string of the molecule is C/C(=N/Nc1nc(C(F)(F)F)nc2ccccc12)c1c(C)nsc1N. The molecule has 3 aromatic rings. The molecule has 0 saturated heterocycles. The number of anilines is 2. The van der Waals surface area contributed by atoms with Gasteiger partial charge >= 0.3 is 6.18 Å². The molecule has 6 nitrogen and oxygen atoms in total. The number of aromatic nitrogens is 3. The van der Waals surface area contributed by atoms with Gasteiger partial charge in [-0.3, -0.25) is 5.43 Å². The summed E-state index contributed by atoms with van der Waals surface area (Å²) >= 11 is 1.13. The van der Waals surface area contributed by atoms with E-state index in [0.29, 0.717) is 27.4 Å². The first kappa shape index (κ1) is 17.1. The summed E-state index contributed by atoms with van der Waals surface area (Å²) in [4.78, 5) is 7.13. The van der Waals surface area contributed by atoms with Crippen molar-refractivity contribution in [2.75, 3.05) is 11.2 Å². The van der Waals surface area contributed by atoms with Gasteiger partial charge in [-0.05, 0) is 37.5 Å². The smallest absolute Gasteiger partial charge is 0.389 e. The number of alkyl halides is 3. The maximum atomic E-state index is 13.0. The highest BCUT2D eigenvalue weighted by Gasteiger charge is 2.35. The number of hydrogen-bond acceptors (Lipinski definition) is 7. The fourth-order valence-electron chi connectivity index (χ4n) is 2.31. The highest BCUT2D eigenvalue weighted by atomic mass is 32.1. The summed E-state index contributed by atoms with van der Waals surface area (Å²) in [6, 6.07) is 6.40. The Kier molecular flexibility index (Phi) is 4.29. The number of aryl methyl sites for hydroxylation is 1. The lowest BCUT2D eigenvalue weighted by molar-refractivity contribution is -0.144. The van der Waals surface area contributed by atoms with E-state index in [1.807, 2.05) is 0 Å². The predicted octanol–water partition coefficient (Wildman–Crippen LogP) is 3.83. The lowest BCUT2D eigenvalue weighted by Crippen LogP contribution is -2.13. The van der Waals surface area contributed by atoms with Gasteiger partial charge in [0.25, 0.3) is 0 Å². The van der Waals surface area contributed by atoms with E-state index >= 15 is 0 Å². The van der Waals surface area contributed by atoms with Crippen LogP contribution in [-0.2, 0) is 6.18 Å². The molecule has 0 aliphatic heterocycles. The van der Waals surface area contributed by atoms with E-state index in [1.165, 1.54) is 6.07 Å². The second-order valence-corrected chi connectivity index (χ2v) is 6.03. The lowest BCUT2D eigenvalue weighted by Gasteiger charge is -2.10. The Morgan fingerprint density at radius 2 is 1.96 bits per heavy atom. The van der Waals surface area contributed by atoms with Gasteiger partial charge in [0.2, 0.25) is 5.82 Å². The van der Waals surface area contributed by atoms with Gasteiger partial charge in [0.05, 0.1) is 22.5 Å². The summed E-state index contributed by atoms with van der Waals surface area (Å²) in [6.45, 7) is 3.47. The standard InChI is InChI=1S/C15H13F3N6S/c1-7(11-8(2)24-25-12(11)19)22-23-13-9-5-3-4-6-10(9)20-14(21-13)15(16,17)18/h3-6H,19H2,1-2H3,(H,20,21,23)/b22-7-. The molecule has 0 bridgehead atoms. The highest BCUT2D eigenvalue weighted by Crippen LogP contribution is 2.30. The van der Waals surface area contributed by atoms with Crippen LogP contribution >= 0.6 is 11.5 Å². The van der Waals surface area contributed by atoms with Gasteiger partial charge in [0.1, 0.15) is 5.00 Å². The van der Waals surface area contributed by atoms with Crippen molar-refractivity contribution < 1.29 is 13.2 Å². The average molecular weight is 366 g/mol. The number of benzene rings is 1. The fraction of sp³-hybridized carbons (Fsp3) is 0.200. The van der Waals surface area contributed by atoms with Crippen molar-refractivity contribution in [3.63, 3.8) is 0 Å². The Bertz CT molecular complexity index is 944. The van der Waals surface area contributed by atoms with E-state index in [0.717, 1.165) is 11.5 Å². The Hall–Kier alpha value is -2.75. The van der Waals surface area contributed by atoms with Crippen molar-refractivity contribution in [3.8, 4) is 0 Å². The quantitative estimate of drug-likeness (QED) is 0.543. The highest BCUT2D eigenvalue weighted by molar-refractivity contribution is 7.10. The first-order valence-corrected chi connectivity index (χ1v) is 7.91. The minimum absolute atomic E-state index is 0.0308. The molecule has 0 amide bonds. The van der Waals surface area contributed by atoms with Gasteiger partial charge in [-0.15, -0.1) is 0 Å². The molecule has 3 N–H and O–H groups in total. The molecular formula is C15H13F3N6S. The summed E-state index contributed by atoms with van der Waals surface area (Å²) in [7, 11) is 0. The number of halogens is 3. The molecular weight excluding hydrogens is 353 g/mol. The van der Waals surface area contributed by atoms with Crippen LogP contribution in [0.25, 0.3) is 10.9 Å². The third-order valence-corrected chi connectivity index (χ3v) is 4.20. The normalized spacial score (nSPS) is 12.6. The van der Waals surface area contributed by atoms with Crippen LogP contribution in [0.5, 0.6) is 0 Å². The molecule has 2 heterocycles. The first-order valence-electron chi connectivity index (χ1n) is 7.13. The van der Waals surface area contributed by atoms with Crippen molar-refractivity contribution in [2.24, 2.45) is 5.10 Å². The third kappa shape index (κ3) is 3.38. The second kappa shape index (κ2) is 6.28. The van der Waals surface area contributed by atoms with Crippen LogP contribution in [0.15, 0.2) is 29.4 Å². The molecule has 0 aliphatic carbocycles. The maximum absolute atomic E-state index is 13.0. The molecule has 2 aromatic heterocycles. The number of nitrogens with two attached hydrogens (primary N) is 1. The number of nitrogen functional groups attached to an aromatic ring is 1. The summed E-state index contributed by atoms with van der Waals surface area (Å²) in [5, 5.41) is 5.05. The third-order valence-electron chi connectivity index (χ3n) is 3.44. The molecule has 0 saturated carbocycles. The van der Waals surface area contributed by atoms with Crippen LogP contribution in [0.4, 0.5) is 24.0 Å². The summed E-state index contributed by atoms with van der Waals surface area (Å²) < 4.78 is 43.2. The van der Waals surface area contributed by atoms with E-state index in [1.54, 1.807) is 32.0 Å². The molecule has 0 unspecified atom stereocenters. The van der Waals surface area contributed by atoms with Crippen LogP contribution < -0.4 is 11.2 Å².